The molecule has 2 nitrogen and oxygen atoms in total. The highest BCUT2D eigenvalue weighted by molar-refractivity contribution is 7.99. The molecule has 2 N–H and O–H groups in total. The molecule has 0 amide bonds. The molecule has 94 valence electrons. The van der Waals surface area contributed by atoms with E-state index in [1.807, 2.05) is 48.5 Å². The molecule has 0 saturated carbocycles. The van der Waals surface area contributed by atoms with Gasteiger partial charge >= 0.3 is 0 Å². The molecule has 19 heavy (non-hydrogen) atoms. The highest BCUT2D eigenvalue weighted by Crippen LogP contribution is 2.35. The van der Waals surface area contributed by atoms with Crippen LogP contribution in [0.5, 0.6) is 0 Å². The number of hydrogen-bond acceptors (Lipinski definition) is 3. The van der Waals surface area contributed by atoms with Crippen molar-refractivity contribution in [2.75, 3.05) is 5.73 Å². The molecule has 1 aromatic heterocycles. The molecule has 0 radical (unpaired) electrons. The summed E-state index contributed by atoms with van der Waals surface area (Å²) in [5.41, 5.74) is 7.50. The van der Waals surface area contributed by atoms with Crippen LogP contribution in [0, 0.1) is 0 Å². The summed E-state index contributed by atoms with van der Waals surface area (Å²) < 4.78 is 0. The molecule has 2 aromatic carbocycles. The van der Waals surface area contributed by atoms with E-state index >= 15 is 0 Å². The second-order valence-electron chi connectivity index (χ2n) is 4.11. The fourth-order valence-corrected chi connectivity index (χ4v) is 2.95. The molecular weight excluding hydrogens is 276 g/mol. The zero-order valence-electron chi connectivity index (χ0n) is 10.0. The fourth-order valence-electron chi connectivity index (χ4n) is 1.89. The Morgan fingerprint density at radius 1 is 1.00 bits per heavy atom. The molecule has 3 aromatic rings. The molecule has 0 aliphatic heterocycles. The molecule has 0 aliphatic rings. The predicted octanol–water partition coefficient (Wildman–Crippen LogP) is 4.62. The lowest BCUT2D eigenvalue weighted by molar-refractivity contribution is 1.38. The van der Waals surface area contributed by atoms with Crippen LogP contribution in [0.1, 0.15) is 0 Å². The van der Waals surface area contributed by atoms with Gasteiger partial charge in [0.25, 0.3) is 0 Å². The summed E-state index contributed by atoms with van der Waals surface area (Å²) in [6.07, 6.45) is 1.76. The van der Waals surface area contributed by atoms with Gasteiger partial charge in [-0.15, -0.1) is 0 Å². The van der Waals surface area contributed by atoms with Crippen LogP contribution >= 0.6 is 23.4 Å². The number of rotatable bonds is 2. The van der Waals surface area contributed by atoms with Crippen molar-refractivity contribution in [1.29, 1.82) is 0 Å². The second-order valence-corrected chi connectivity index (χ2v) is 5.66. The quantitative estimate of drug-likeness (QED) is 0.699. The Kier molecular flexibility index (Phi) is 3.32. The lowest BCUT2D eigenvalue weighted by Crippen LogP contribution is -1.90. The number of fused-ring (bicyclic) bond motifs is 1. The number of nitrogen functional groups attached to an aromatic ring is 1. The fraction of sp³-hybridized carbons (Fsp3) is 0. The molecule has 0 atom stereocenters. The second kappa shape index (κ2) is 5.11. The summed E-state index contributed by atoms with van der Waals surface area (Å²) in [4.78, 5) is 6.61. The molecule has 0 bridgehead atoms. The highest BCUT2D eigenvalue weighted by atomic mass is 35.5. The van der Waals surface area contributed by atoms with Crippen molar-refractivity contribution in [2.45, 2.75) is 9.79 Å². The third-order valence-electron chi connectivity index (χ3n) is 2.80. The Morgan fingerprint density at radius 3 is 2.58 bits per heavy atom. The van der Waals surface area contributed by atoms with Crippen molar-refractivity contribution in [1.82, 2.24) is 4.98 Å². The lowest BCUT2D eigenvalue weighted by atomic mass is 10.2. The van der Waals surface area contributed by atoms with E-state index in [1.54, 1.807) is 18.0 Å². The van der Waals surface area contributed by atoms with E-state index in [4.69, 9.17) is 17.3 Å². The van der Waals surface area contributed by atoms with E-state index < -0.39 is 0 Å². The Morgan fingerprint density at radius 2 is 1.79 bits per heavy atom. The van der Waals surface area contributed by atoms with Crippen molar-refractivity contribution < 1.29 is 0 Å². The van der Waals surface area contributed by atoms with E-state index in [0.29, 0.717) is 5.69 Å². The van der Waals surface area contributed by atoms with Gasteiger partial charge in [-0.1, -0.05) is 29.4 Å². The van der Waals surface area contributed by atoms with Crippen molar-refractivity contribution in [3.8, 4) is 0 Å². The summed E-state index contributed by atoms with van der Waals surface area (Å²) in [6.45, 7) is 0. The molecule has 3 rings (SSSR count). The monoisotopic (exact) mass is 286 g/mol. The number of pyridine rings is 1. The van der Waals surface area contributed by atoms with Crippen LogP contribution in [0.3, 0.4) is 0 Å². The maximum absolute atomic E-state index is 5.95. The van der Waals surface area contributed by atoms with Gasteiger partial charge in [-0.2, -0.15) is 0 Å². The van der Waals surface area contributed by atoms with Gasteiger partial charge in [-0.05, 0) is 42.5 Å². The topological polar surface area (TPSA) is 38.9 Å². The van der Waals surface area contributed by atoms with Crippen LogP contribution in [0.25, 0.3) is 10.9 Å². The Bertz CT molecular complexity index is 726. The average molecular weight is 287 g/mol. The van der Waals surface area contributed by atoms with Crippen molar-refractivity contribution in [2.24, 2.45) is 0 Å². The minimum Gasteiger partial charge on any atom is -0.397 e. The third-order valence-corrected chi connectivity index (χ3v) is 4.14. The van der Waals surface area contributed by atoms with Crippen LogP contribution in [-0.4, -0.2) is 4.98 Å². The first-order chi connectivity index (χ1) is 9.24. The number of aromatic nitrogens is 1. The molecule has 1 heterocycles. The smallest absolute Gasteiger partial charge is 0.0942 e. The SMILES string of the molecule is Nc1ccc(Sc2ccc(Cl)cc2)c2cccnc12. The van der Waals surface area contributed by atoms with E-state index in [2.05, 4.69) is 4.98 Å². The van der Waals surface area contributed by atoms with Gasteiger partial charge in [-0.25, -0.2) is 0 Å². The van der Waals surface area contributed by atoms with Gasteiger partial charge in [0.2, 0.25) is 0 Å². The molecule has 0 spiro atoms. The Balaban J connectivity index is 2.06. The van der Waals surface area contributed by atoms with Crippen LogP contribution < -0.4 is 5.73 Å². The van der Waals surface area contributed by atoms with Crippen LogP contribution in [0.2, 0.25) is 5.02 Å². The van der Waals surface area contributed by atoms with Gasteiger partial charge in [0, 0.05) is 26.4 Å². The van der Waals surface area contributed by atoms with Crippen molar-refractivity contribution in [3.63, 3.8) is 0 Å². The molecule has 0 saturated heterocycles. The molecule has 0 unspecified atom stereocenters. The number of nitrogens with two attached hydrogens (primary N) is 1. The average Bonchev–Trinajstić information content (AvgIpc) is 2.45. The molecule has 0 fully saturated rings. The van der Waals surface area contributed by atoms with Crippen molar-refractivity contribution >= 4 is 40.0 Å². The molecule has 4 heteroatoms. The number of nitrogens with zero attached hydrogens (tertiary/aromatic N) is 1. The van der Waals surface area contributed by atoms with Crippen LogP contribution in [-0.2, 0) is 0 Å². The van der Waals surface area contributed by atoms with Crippen LogP contribution in [0.15, 0.2) is 64.5 Å². The van der Waals surface area contributed by atoms with Gasteiger partial charge < -0.3 is 5.73 Å². The van der Waals surface area contributed by atoms with Crippen LogP contribution in [0.4, 0.5) is 5.69 Å². The number of hydrogen-bond donors (Lipinski definition) is 1. The number of anilines is 1. The maximum Gasteiger partial charge on any atom is 0.0942 e. The normalized spacial score (nSPS) is 10.8. The minimum atomic E-state index is 0.705. The maximum atomic E-state index is 5.95. The minimum absolute atomic E-state index is 0.705. The van der Waals surface area contributed by atoms with Crippen molar-refractivity contribution in [3.05, 3.63) is 59.8 Å². The zero-order valence-corrected chi connectivity index (χ0v) is 11.6. The van der Waals surface area contributed by atoms with Gasteiger partial charge in [0.15, 0.2) is 0 Å². The van der Waals surface area contributed by atoms with E-state index in [1.165, 1.54) is 0 Å². The predicted molar refractivity (Wildman–Crippen MR) is 81.7 cm³/mol. The summed E-state index contributed by atoms with van der Waals surface area (Å²) >= 11 is 7.57. The first-order valence-electron chi connectivity index (χ1n) is 5.81. The molecular formula is C15H11ClN2S. The summed E-state index contributed by atoms with van der Waals surface area (Å²) in [6, 6.07) is 15.7. The van der Waals surface area contributed by atoms with E-state index in [0.717, 1.165) is 25.7 Å². The first-order valence-corrected chi connectivity index (χ1v) is 7.00. The van der Waals surface area contributed by atoms with E-state index in [-0.39, 0.29) is 0 Å². The standard InChI is InChI=1S/C15H11ClN2S/c16-10-3-5-11(6-4-10)19-14-8-7-13(17)15-12(14)2-1-9-18-15/h1-9H,17H2. The molecule has 0 aliphatic carbocycles. The van der Waals surface area contributed by atoms with E-state index in [9.17, 15) is 0 Å². The van der Waals surface area contributed by atoms with Gasteiger partial charge in [-0.3, -0.25) is 4.98 Å². The summed E-state index contributed by atoms with van der Waals surface area (Å²) in [5.74, 6) is 0. The summed E-state index contributed by atoms with van der Waals surface area (Å²) in [7, 11) is 0. The van der Waals surface area contributed by atoms with Gasteiger partial charge in [0.05, 0.1) is 11.2 Å². The van der Waals surface area contributed by atoms with Gasteiger partial charge in [0.1, 0.15) is 0 Å². The highest BCUT2D eigenvalue weighted by Gasteiger charge is 2.06. The Labute approximate surface area is 120 Å². The summed E-state index contributed by atoms with van der Waals surface area (Å²) in [5, 5.41) is 1.82. The first kappa shape index (κ1) is 12.3. The zero-order chi connectivity index (χ0) is 13.2. The number of benzene rings is 2. The lowest BCUT2D eigenvalue weighted by Gasteiger charge is -2.07. The Hall–Kier alpha value is -1.71. The number of halogens is 1. The largest absolute Gasteiger partial charge is 0.397 e. The third kappa shape index (κ3) is 2.53.